The molecule has 5 nitrogen and oxygen atoms in total. The van der Waals surface area contributed by atoms with Gasteiger partial charge in [-0.3, -0.25) is 0 Å². The van der Waals surface area contributed by atoms with Gasteiger partial charge in [-0.25, -0.2) is 13.1 Å². The second-order valence-electron chi connectivity index (χ2n) is 5.49. The Bertz CT molecular complexity index is 597. The van der Waals surface area contributed by atoms with Crippen molar-refractivity contribution < 1.29 is 18.3 Å². The van der Waals surface area contributed by atoms with Crippen molar-refractivity contribution >= 4 is 21.6 Å². The molecular formula is C14H20ClNO4S. The van der Waals surface area contributed by atoms with Gasteiger partial charge < -0.3 is 9.84 Å². The second kappa shape index (κ2) is 6.52. The van der Waals surface area contributed by atoms with Crippen molar-refractivity contribution in [3.05, 3.63) is 23.2 Å². The van der Waals surface area contributed by atoms with Crippen molar-refractivity contribution in [2.45, 2.75) is 30.6 Å². The van der Waals surface area contributed by atoms with Crippen molar-refractivity contribution in [1.29, 1.82) is 0 Å². The molecule has 2 rings (SSSR count). The molecule has 118 valence electrons. The van der Waals surface area contributed by atoms with Crippen LogP contribution in [0.3, 0.4) is 0 Å². The number of aliphatic hydroxyl groups is 1. The van der Waals surface area contributed by atoms with Crippen molar-refractivity contribution in [3.8, 4) is 5.75 Å². The van der Waals surface area contributed by atoms with E-state index in [4.69, 9.17) is 16.3 Å². The minimum atomic E-state index is -3.64. The van der Waals surface area contributed by atoms with Crippen LogP contribution < -0.4 is 9.46 Å². The fourth-order valence-corrected chi connectivity index (χ4v) is 4.17. The highest BCUT2D eigenvalue weighted by Gasteiger charge is 2.34. The van der Waals surface area contributed by atoms with Gasteiger partial charge in [-0.1, -0.05) is 24.4 Å². The summed E-state index contributed by atoms with van der Waals surface area (Å²) in [6, 6.07) is 4.34. The maximum absolute atomic E-state index is 12.3. The van der Waals surface area contributed by atoms with Crippen LogP contribution in [0.1, 0.15) is 25.7 Å². The molecule has 0 saturated heterocycles. The zero-order valence-corrected chi connectivity index (χ0v) is 13.5. The van der Waals surface area contributed by atoms with Gasteiger partial charge >= 0.3 is 0 Å². The fourth-order valence-electron chi connectivity index (χ4n) is 2.66. The lowest BCUT2D eigenvalue weighted by Gasteiger charge is -2.26. The molecule has 1 aliphatic rings. The number of ether oxygens (including phenoxy) is 1. The Morgan fingerprint density at radius 3 is 2.57 bits per heavy atom. The first-order valence-corrected chi connectivity index (χ1v) is 8.73. The largest absolute Gasteiger partial charge is 0.495 e. The standard InChI is InChI=1S/C14H20ClNO4S/c1-20-13-5-4-11(8-12(13)15)21(18,19)16-9-14(10-17)6-2-3-7-14/h4-5,8,16-17H,2-3,6-7,9-10H2,1H3. The third kappa shape index (κ3) is 3.69. The SMILES string of the molecule is COc1ccc(S(=O)(=O)NCC2(CO)CCCC2)cc1Cl. The van der Waals surface area contributed by atoms with E-state index in [0.717, 1.165) is 25.7 Å². The van der Waals surface area contributed by atoms with Gasteiger partial charge in [0.05, 0.1) is 17.0 Å². The smallest absolute Gasteiger partial charge is 0.240 e. The van der Waals surface area contributed by atoms with Crippen LogP contribution in [0, 0.1) is 5.41 Å². The van der Waals surface area contributed by atoms with Crippen molar-refractivity contribution in [2.24, 2.45) is 5.41 Å². The summed E-state index contributed by atoms with van der Waals surface area (Å²) in [6.07, 6.45) is 3.73. The van der Waals surface area contributed by atoms with E-state index in [9.17, 15) is 13.5 Å². The molecule has 0 atom stereocenters. The van der Waals surface area contributed by atoms with E-state index >= 15 is 0 Å². The second-order valence-corrected chi connectivity index (χ2v) is 7.66. The van der Waals surface area contributed by atoms with Crippen molar-refractivity contribution in [3.63, 3.8) is 0 Å². The van der Waals surface area contributed by atoms with Gasteiger partial charge in [0.2, 0.25) is 10.0 Å². The number of hydrogen-bond donors (Lipinski definition) is 2. The van der Waals surface area contributed by atoms with Crippen molar-refractivity contribution in [2.75, 3.05) is 20.3 Å². The average Bonchev–Trinajstić information content (AvgIpc) is 2.95. The summed E-state index contributed by atoms with van der Waals surface area (Å²) in [5.74, 6) is 0.429. The van der Waals surface area contributed by atoms with E-state index < -0.39 is 10.0 Å². The minimum Gasteiger partial charge on any atom is -0.495 e. The molecule has 1 saturated carbocycles. The van der Waals surface area contributed by atoms with Gasteiger partial charge in [-0.05, 0) is 31.0 Å². The Balaban J connectivity index is 2.13. The summed E-state index contributed by atoms with van der Waals surface area (Å²) < 4.78 is 32.2. The highest BCUT2D eigenvalue weighted by atomic mass is 35.5. The highest BCUT2D eigenvalue weighted by Crippen LogP contribution is 2.37. The number of methoxy groups -OCH3 is 1. The fraction of sp³-hybridized carbons (Fsp3) is 0.571. The van der Waals surface area contributed by atoms with Crippen LogP contribution >= 0.6 is 11.6 Å². The summed E-state index contributed by atoms with van der Waals surface area (Å²) in [5, 5.41) is 9.77. The highest BCUT2D eigenvalue weighted by molar-refractivity contribution is 7.89. The quantitative estimate of drug-likeness (QED) is 0.836. The van der Waals surface area contributed by atoms with Crippen LogP contribution in [0.2, 0.25) is 5.02 Å². The monoisotopic (exact) mass is 333 g/mol. The number of halogens is 1. The first kappa shape index (κ1) is 16.5. The lowest BCUT2D eigenvalue weighted by molar-refractivity contribution is 0.134. The molecule has 1 aliphatic carbocycles. The first-order chi connectivity index (χ1) is 9.92. The van der Waals surface area contributed by atoms with Crippen LogP contribution in [-0.2, 0) is 10.0 Å². The van der Waals surface area contributed by atoms with E-state index in [2.05, 4.69) is 4.72 Å². The molecule has 0 bridgehead atoms. The topological polar surface area (TPSA) is 75.6 Å². The first-order valence-electron chi connectivity index (χ1n) is 6.86. The van der Waals surface area contributed by atoms with Crippen LogP contribution in [0.25, 0.3) is 0 Å². The van der Waals surface area contributed by atoms with Gasteiger partial charge in [-0.2, -0.15) is 0 Å². The predicted molar refractivity (Wildman–Crippen MR) is 81.2 cm³/mol. The lowest BCUT2D eigenvalue weighted by Crippen LogP contribution is -2.38. The Hall–Kier alpha value is -0.820. The molecule has 7 heteroatoms. The number of hydrogen-bond acceptors (Lipinski definition) is 4. The van der Waals surface area contributed by atoms with E-state index in [1.54, 1.807) is 0 Å². The van der Waals surface area contributed by atoms with Gasteiger partial charge in [-0.15, -0.1) is 0 Å². The maximum Gasteiger partial charge on any atom is 0.240 e. The zero-order valence-electron chi connectivity index (χ0n) is 11.9. The van der Waals surface area contributed by atoms with E-state index in [-0.39, 0.29) is 28.5 Å². The molecule has 2 N–H and O–H groups in total. The minimum absolute atomic E-state index is 0.00110. The predicted octanol–water partition coefficient (Wildman–Crippen LogP) is 2.18. The molecule has 1 aromatic carbocycles. The number of benzene rings is 1. The summed E-state index contributed by atoms with van der Waals surface area (Å²) in [7, 11) is -2.17. The summed E-state index contributed by atoms with van der Waals surface area (Å²) in [6.45, 7) is 0.244. The molecule has 21 heavy (non-hydrogen) atoms. The third-order valence-electron chi connectivity index (χ3n) is 4.07. The summed E-state index contributed by atoms with van der Waals surface area (Å²) in [5.41, 5.74) is -0.330. The number of nitrogens with one attached hydrogen (secondary N) is 1. The van der Waals surface area contributed by atoms with E-state index in [1.807, 2.05) is 0 Å². The molecule has 0 spiro atoms. The van der Waals surface area contributed by atoms with Gasteiger partial charge in [0.15, 0.2) is 0 Å². The molecular weight excluding hydrogens is 314 g/mol. The van der Waals surface area contributed by atoms with Crippen LogP contribution in [0.15, 0.2) is 23.1 Å². The normalized spacial score (nSPS) is 17.9. The molecule has 0 heterocycles. The average molecular weight is 334 g/mol. The van der Waals surface area contributed by atoms with Crippen LogP contribution in [0.4, 0.5) is 0 Å². The van der Waals surface area contributed by atoms with E-state index in [1.165, 1.54) is 25.3 Å². The zero-order chi connectivity index (χ0) is 15.5. The van der Waals surface area contributed by atoms with E-state index in [0.29, 0.717) is 5.75 Å². The Kier molecular flexibility index (Phi) is 5.14. The molecule has 1 fully saturated rings. The van der Waals surface area contributed by atoms with Gasteiger partial charge in [0.25, 0.3) is 0 Å². The van der Waals surface area contributed by atoms with Crippen LogP contribution in [0.5, 0.6) is 5.75 Å². The number of sulfonamides is 1. The van der Waals surface area contributed by atoms with Crippen LogP contribution in [-0.4, -0.2) is 33.8 Å². The molecule has 0 aromatic heterocycles. The molecule has 0 unspecified atom stereocenters. The Labute approximate surface area is 130 Å². The Morgan fingerprint density at radius 2 is 2.05 bits per heavy atom. The summed E-state index contributed by atoms with van der Waals surface area (Å²) in [4.78, 5) is 0.0967. The molecule has 0 aliphatic heterocycles. The van der Waals surface area contributed by atoms with Crippen molar-refractivity contribution in [1.82, 2.24) is 4.72 Å². The lowest BCUT2D eigenvalue weighted by atomic mass is 9.88. The third-order valence-corrected chi connectivity index (χ3v) is 5.76. The number of rotatable bonds is 6. The molecule has 0 amide bonds. The Morgan fingerprint density at radius 1 is 1.38 bits per heavy atom. The molecule has 0 radical (unpaired) electrons. The van der Waals surface area contributed by atoms with Gasteiger partial charge in [0.1, 0.15) is 5.75 Å². The number of aliphatic hydroxyl groups excluding tert-OH is 1. The maximum atomic E-state index is 12.3. The van der Waals surface area contributed by atoms with Gasteiger partial charge in [0, 0.05) is 18.6 Å². The summed E-state index contributed by atoms with van der Waals surface area (Å²) >= 11 is 5.96. The molecule has 1 aromatic rings.